The van der Waals surface area contributed by atoms with Crippen LogP contribution in [0.5, 0.6) is 5.75 Å². The summed E-state index contributed by atoms with van der Waals surface area (Å²) in [5, 5.41) is 0. The Morgan fingerprint density at radius 1 is 1.21 bits per heavy atom. The second-order valence-corrected chi connectivity index (χ2v) is 3.23. The van der Waals surface area contributed by atoms with E-state index < -0.39 is 0 Å². The highest BCUT2D eigenvalue weighted by molar-refractivity contribution is 5.45. The van der Waals surface area contributed by atoms with Crippen molar-refractivity contribution in [2.24, 2.45) is 0 Å². The smallest absolute Gasteiger partial charge is 0.126 e. The van der Waals surface area contributed by atoms with Crippen LogP contribution in [0.15, 0.2) is 12.1 Å². The number of methoxy groups -OCH3 is 1. The van der Waals surface area contributed by atoms with Gasteiger partial charge in [0, 0.05) is 12.1 Å². The van der Waals surface area contributed by atoms with Gasteiger partial charge >= 0.3 is 0 Å². The molecule has 0 aliphatic heterocycles. The molecule has 0 radical (unpaired) electrons. The zero-order chi connectivity index (χ0) is 10.6. The Balaban J connectivity index is 2.98. The molecule has 1 rings (SSSR count). The molecule has 0 heterocycles. The van der Waals surface area contributed by atoms with Crippen LogP contribution in [0.1, 0.15) is 16.7 Å². The monoisotopic (exact) mass is 195 g/mol. The Kier molecular flexibility index (Phi) is 3.92. The Morgan fingerprint density at radius 2 is 1.93 bits per heavy atom. The number of hydrogen-bond acceptors (Lipinski definition) is 3. The van der Waals surface area contributed by atoms with E-state index >= 15 is 0 Å². The minimum atomic E-state index is 0.654. The molecule has 1 N–H and O–H groups in total. The van der Waals surface area contributed by atoms with Crippen LogP contribution >= 0.6 is 0 Å². The van der Waals surface area contributed by atoms with Crippen molar-refractivity contribution in [3.05, 3.63) is 28.8 Å². The van der Waals surface area contributed by atoms with E-state index in [1.807, 2.05) is 6.07 Å². The SMILES string of the molecule is CONCc1ccc(C)c(C)c1OC. The molecular formula is C11H17NO2. The predicted octanol–water partition coefficient (Wildman–Crippen LogP) is 1.96. The lowest BCUT2D eigenvalue weighted by Gasteiger charge is -2.13. The molecule has 0 aliphatic carbocycles. The number of ether oxygens (including phenoxy) is 1. The normalized spacial score (nSPS) is 10.3. The zero-order valence-electron chi connectivity index (χ0n) is 9.18. The highest BCUT2D eigenvalue weighted by Crippen LogP contribution is 2.25. The van der Waals surface area contributed by atoms with Gasteiger partial charge in [0.1, 0.15) is 5.75 Å². The fraction of sp³-hybridized carbons (Fsp3) is 0.455. The lowest BCUT2D eigenvalue weighted by atomic mass is 10.0. The van der Waals surface area contributed by atoms with Crippen LogP contribution < -0.4 is 10.2 Å². The Bertz CT molecular complexity index is 310. The Labute approximate surface area is 85.0 Å². The maximum absolute atomic E-state index is 5.36. The largest absolute Gasteiger partial charge is 0.496 e. The second kappa shape index (κ2) is 4.98. The molecule has 0 bridgehead atoms. The van der Waals surface area contributed by atoms with Gasteiger partial charge in [-0.05, 0) is 25.0 Å². The van der Waals surface area contributed by atoms with E-state index in [1.165, 1.54) is 11.1 Å². The molecule has 0 atom stereocenters. The van der Waals surface area contributed by atoms with Crippen molar-refractivity contribution < 1.29 is 9.57 Å². The molecule has 0 saturated heterocycles. The minimum absolute atomic E-state index is 0.654. The van der Waals surface area contributed by atoms with Crippen molar-refractivity contribution >= 4 is 0 Å². The van der Waals surface area contributed by atoms with Gasteiger partial charge in [0.2, 0.25) is 0 Å². The summed E-state index contributed by atoms with van der Waals surface area (Å²) < 4.78 is 5.36. The summed E-state index contributed by atoms with van der Waals surface area (Å²) in [6, 6.07) is 4.14. The van der Waals surface area contributed by atoms with Crippen molar-refractivity contribution in [1.82, 2.24) is 5.48 Å². The van der Waals surface area contributed by atoms with Crippen LogP contribution in [0.4, 0.5) is 0 Å². The molecule has 0 amide bonds. The molecule has 14 heavy (non-hydrogen) atoms. The molecule has 0 spiro atoms. The van der Waals surface area contributed by atoms with Gasteiger partial charge in [0.05, 0.1) is 14.2 Å². The molecule has 0 aromatic heterocycles. The third-order valence-electron chi connectivity index (χ3n) is 2.37. The molecule has 1 aromatic carbocycles. The first-order valence-corrected chi connectivity index (χ1v) is 4.59. The maximum atomic E-state index is 5.36. The van der Waals surface area contributed by atoms with Gasteiger partial charge in [0.25, 0.3) is 0 Å². The third-order valence-corrected chi connectivity index (χ3v) is 2.37. The summed E-state index contributed by atoms with van der Waals surface area (Å²) in [6.45, 7) is 4.79. The summed E-state index contributed by atoms with van der Waals surface area (Å²) in [7, 11) is 3.30. The number of benzene rings is 1. The summed E-state index contributed by atoms with van der Waals surface area (Å²) in [4.78, 5) is 4.81. The third kappa shape index (κ3) is 2.25. The quantitative estimate of drug-likeness (QED) is 0.745. The highest BCUT2D eigenvalue weighted by Gasteiger charge is 2.07. The van der Waals surface area contributed by atoms with Crippen LogP contribution in [-0.2, 0) is 11.4 Å². The number of hydroxylamine groups is 1. The molecule has 0 unspecified atom stereocenters. The lowest BCUT2D eigenvalue weighted by Crippen LogP contribution is -2.12. The number of aryl methyl sites for hydroxylation is 1. The first kappa shape index (κ1) is 11.0. The zero-order valence-corrected chi connectivity index (χ0v) is 9.18. The van der Waals surface area contributed by atoms with E-state index in [-0.39, 0.29) is 0 Å². The first-order valence-electron chi connectivity index (χ1n) is 4.59. The average Bonchev–Trinajstić information content (AvgIpc) is 2.20. The van der Waals surface area contributed by atoms with E-state index in [1.54, 1.807) is 14.2 Å². The van der Waals surface area contributed by atoms with Crippen molar-refractivity contribution in [3.8, 4) is 5.75 Å². The van der Waals surface area contributed by atoms with Crippen molar-refractivity contribution in [3.63, 3.8) is 0 Å². The molecular weight excluding hydrogens is 178 g/mol. The predicted molar refractivity (Wildman–Crippen MR) is 56.3 cm³/mol. The second-order valence-electron chi connectivity index (χ2n) is 3.23. The van der Waals surface area contributed by atoms with E-state index in [4.69, 9.17) is 9.57 Å². The van der Waals surface area contributed by atoms with Crippen LogP contribution in [0.3, 0.4) is 0 Å². The average molecular weight is 195 g/mol. The Hall–Kier alpha value is -1.06. The first-order chi connectivity index (χ1) is 6.70. The molecule has 0 fully saturated rings. The van der Waals surface area contributed by atoms with Gasteiger partial charge in [0.15, 0.2) is 0 Å². The van der Waals surface area contributed by atoms with Crippen molar-refractivity contribution in [1.29, 1.82) is 0 Å². The van der Waals surface area contributed by atoms with Gasteiger partial charge in [-0.2, -0.15) is 5.48 Å². The summed E-state index contributed by atoms with van der Waals surface area (Å²) in [5.74, 6) is 0.939. The summed E-state index contributed by atoms with van der Waals surface area (Å²) >= 11 is 0. The number of rotatable bonds is 4. The summed E-state index contributed by atoms with van der Waals surface area (Å²) in [5.41, 5.74) is 6.34. The highest BCUT2D eigenvalue weighted by atomic mass is 16.6. The van der Waals surface area contributed by atoms with Gasteiger partial charge in [-0.1, -0.05) is 12.1 Å². The molecule has 1 aromatic rings. The van der Waals surface area contributed by atoms with E-state index in [0.717, 1.165) is 11.3 Å². The van der Waals surface area contributed by atoms with Crippen LogP contribution in [0.2, 0.25) is 0 Å². The van der Waals surface area contributed by atoms with Gasteiger partial charge in [-0.3, -0.25) is 0 Å². The van der Waals surface area contributed by atoms with Crippen LogP contribution in [-0.4, -0.2) is 14.2 Å². The van der Waals surface area contributed by atoms with Crippen LogP contribution in [0.25, 0.3) is 0 Å². The van der Waals surface area contributed by atoms with E-state index in [0.29, 0.717) is 6.54 Å². The van der Waals surface area contributed by atoms with Gasteiger partial charge in [-0.25, -0.2) is 0 Å². The lowest BCUT2D eigenvalue weighted by molar-refractivity contribution is 0.0861. The maximum Gasteiger partial charge on any atom is 0.126 e. The van der Waals surface area contributed by atoms with Gasteiger partial charge in [-0.15, -0.1) is 0 Å². The van der Waals surface area contributed by atoms with Crippen molar-refractivity contribution in [2.75, 3.05) is 14.2 Å². The molecule has 3 heteroatoms. The number of nitrogens with one attached hydrogen (secondary N) is 1. The molecule has 3 nitrogen and oxygen atoms in total. The van der Waals surface area contributed by atoms with E-state index in [2.05, 4.69) is 25.4 Å². The van der Waals surface area contributed by atoms with Crippen LogP contribution in [0, 0.1) is 13.8 Å². The molecule has 78 valence electrons. The molecule has 0 aliphatic rings. The molecule has 0 saturated carbocycles. The number of hydrogen-bond donors (Lipinski definition) is 1. The van der Waals surface area contributed by atoms with E-state index in [9.17, 15) is 0 Å². The topological polar surface area (TPSA) is 30.5 Å². The Morgan fingerprint density at radius 3 is 2.50 bits per heavy atom. The standard InChI is InChI=1S/C11H17NO2/c1-8-5-6-10(7-12-14-4)11(13-3)9(8)2/h5-6,12H,7H2,1-4H3. The van der Waals surface area contributed by atoms with Gasteiger partial charge < -0.3 is 9.57 Å². The fourth-order valence-electron chi connectivity index (χ4n) is 1.42. The minimum Gasteiger partial charge on any atom is -0.496 e. The summed E-state index contributed by atoms with van der Waals surface area (Å²) in [6.07, 6.45) is 0. The van der Waals surface area contributed by atoms with Crippen molar-refractivity contribution in [2.45, 2.75) is 20.4 Å². The fourth-order valence-corrected chi connectivity index (χ4v) is 1.42.